The van der Waals surface area contributed by atoms with Crippen LogP contribution >= 0.6 is 0 Å². The third-order valence-corrected chi connectivity index (χ3v) is 7.71. The molecule has 1 aliphatic rings. The Labute approximate surface area is 264 Å². The number of nitrogens with two attached hydrogens (primary N) is 1. The molecule has 12 heteroatoms. The molecular formula is C34H35F2N5O5. The molecule has 2 heterocycles. The van der Waals surface area contributed by atoms with Gasteiger partial charge in [0, 0.05) is 25.0 Å². The van der Waals surface area contributed by atoms with Crippen LogP contribution in [0.5, 0.6) is 0 Å². The lowest BCUT2D eigenvalue weighted by Gasteiger charge is -2.20. The van der Waals surface area contributed by atoms with Gasteiger partial charge in [-0.15, -0.1) is 0 Å². The highest BCUT2D eigenvalue weighted by Crippen LogP contribution is 2.33. The van der Waals surface area contributed by atoms with Crippen LogP contribution in [0.3, 0.4) is 0 Å². The second-order valence-corrected chi connectivity index (χ2v) is 12.3. The number of carbonyl (C=O) groups excluding carboxylic acids is 2. The molecular weight excluding hydrogens is 596 g/mol. The SMILES string of the molecule is CC(C)(C)OC(=O)NCCCC(Cc1cc(F)c(F)cc1-c1ccc2nc(N)nc(C(=O)N3Cc4ccccc4C3)c2c1)C(=O)O. The molecule has 46 heavy (non-hydrogen) atoms. The summed E-state index contributed by atoms with van der Waals surface area (Å²) in [5.41, 5.74) is 8.77. The molecule has 1 atom stereocenters. The number of anilines is 1. The molecule has 5 rings (SSSR count). The van der Waals surface area contributed by atoms with Gasteiger partial charge in [-0.2, -0.15) is 0 Å². The summed E-state index contributed by atoms with van der Waals surface area (Å²) in [6.45, 7) is 6.17. The van der Waals surface area contributed by atoms with E-state index < -0.39 is 35.2 Å². The van der Waals surface area contributed by atoms with Gasteiger partial charge in [-0.1, -0.05) is 30.3 Å². The number of ether oxygens (including phenoxy) is 1. The number of nitrogens with one attached hydrogen (secondary N) is 1. The summed E-state index contributed by atoms with van der Waals surface area (Å²) < 4.78 is 34.4. The van der Waals surface area contributed by atoms with Gasteiger partial charge in [0.25, 0.3) is 5.91 Å². The van der Waals surface area contributed by atoms with Crippen LogP contribution in [0.1, 0.15) is 60.8 Å². The molecule has 240 valence electrons. The molecule has 3 aromatic carbocycles. The standard InChI is InChI=1S/C34H35F2N5O5/c1-34(2,3)46-33(45)38-12-6-9-20(31(43)44)13-23-15-26(35)27(36)16-24(23)19-10-11-28-25(14-19)29(40-32(37)39-28)30(42)41-17-21-7-4-5-8-22(21)18-41/h4-5,7-8,10-11,14-16,20H,6,9,12-13,17-18H2,1-3H3,(H,38,45)(H,43,44)(H2,37,39,40). The van der Waals surface area contributed by atoms with Crippen molar-refractivity contribution in [3.8, 4) is 11.1 Å². The van der Waals surface area contributed by atoms with E-state index in [2.05, 4.69) is 15.3 Å². The minimum absolute atomic E-state index is 0.0715. The average molecular weight is 632 g/mol. The van der Waals surface area contributed by atoms with Gasteiger partial charge in [0.1, 0.15) is 11.3 Å². The van der Waals surface area contributed by atoms with Crippen LogP contribution < -0.4 is 11.1 Å². The highest BCUT2D eigenvalue weighted by Gasteiger charge is 2.28. The Kier molecular flexibility index (Phi) is 9.17. The van der Waals surface area contributed by atoms with E-state index in [1.54, 1.807) is 43.9 Å². The van der Waals surface area contributed by atoms with Crippen molar-refractivity contribution < 1.29 is 33.0 Å². The van der Waals surface area contributed by atoms with Gasteiger partial charge in [-0.25, -0.2) is 23.5 Å². The molecule has 0 saturated carbocycles. The number of alkyl carbamates (subject to hydrolysis) is 1. The fourth-order valence-corrected chi connectivity index (χ4v) is 5.56. The molecule has 1 aliphatic heterocycles. The Morgan fingerprint density at radius 1 is 1.02 bits per heavy atom. The quantitative estimate of drug-likeness (QED) is 0.195. The number of hydrogen-bond donors (Lipinski definition) is 3. The maximum atomic E-state index is 14.6. The molecule has 0 spiro atoms. The van der Waals surface area contributed by atoms with E-state index in [1.165, 1.54) is 0 Å². The van der Waals surface area contributed by atoms with Crippen molar-refractivity contribution >= 4 is 34.8 Å². The fourth-order valence-electron chi connectivity index (χ4n) is 5.56. The lowest BCUT2D eigenvalue weighted by molar-refractivity contribution is -0.141. The summed E-state index contributed by atoms with van der Waals surface area (Å²) in [6.07, 6.45) is -0.250. The van der Waals surface area contributed by atoms with E-state index in [9.17, 15) is 28.3 Å². The van der Waals surface area contributed by atoms with E-state index in [4.69, 9.17) is 10.5 Å². The maximum Gasteiger partial charge on any atom is 0.407 e. The van der Waals surface area contributed by atoms with Crippen LogP contribution in [0.4, 0.5) is 19.5 Å². The third-order valence-electron chi connectivity index (χ3n) is 7.71. The molecule has 4 N–H and O–H groups in total. The van der Waals surface area contributed by atoms with Crippen LogP contribution in [0, 0.1) is 17.6 Å². The van der Waals surface area contributed by atoms with E-state index in [1.807, 2.05) is 24.3 Å². The zero-order chi connectivity index (χ0) is 33.2. The van der Waals surface area contributed by atoms with E-state index in [0.29, 0.717) is 36.0 Å². The molecule has 10 nitrogen and oxygen atoms in total. The van der Waals surface area contributed by atoms with E-state index in [-0.39, 0.29) is 48.1 Å². The van der Waals surface area contributed by atoms with Crippen molar-refractivity contribution in [1.29, 1.82) is 0 Å². The summed E-state index contributed by atoms with van der Waals surface area (Å²) in [5.74, 6) is -4.73. The number of nitrogen functional groups attached to an aromatic ring is 1. The topological polar surface area (TPSA) is 148 Å². The summed E-state index contributed by atoms with van der Waals surface area (Å²) in [5, 5.41) is 12.9. The number of aromatic nitrogens is 2. The number of fused-ring (bicyclic) bond motifs is 2. The fraction of sp³-hybridized carbons (Fsp3) is 0.324. The van der Waals surface area contributed by atoms with Crippen molar-refractivity contribution in [2.24, 2.45) is 5.92 Å². The van der Waals surface area contributed by atoms with Gasteiger partial charge in [0.2, 0.25) is 5.95 Å². The van der Waals surface area contributed by atoms with Crippen LogP contribution in [-0.4, -0.2) is 50.1 Å². The van der Waals surface area contributed by atoms with E-state index in [0.717, 1.165) is 23.3 Å². The molecule has 1 unspecified atom stereocenters. The lowest BCUT2D eigenvalue weighted by atomic mass is 9.89. The smallest absolute Gasteiger partial charge is 0.407 e. The number of nitrogens with zero attached hydrogens (tertiary/aromatic N) is 3. The minimum Gasteiger partial charge on any atom is -0.481 e. The molecule has 0 fully saturated rings. The van der Waals surface area contributed by atoms with Crippen LogP contribution in [0.25, 0.3) is 22.0 Å². The number of rotatable bonds is 9. The number of halogens is 2. The third kappa shape index (κ3) is 7.39. The lowest BCUT2D eigenvalue weighted by Crippen LogP contribution is -2.33. The molecule has 0 bridgehead atoms. The number of carboxylic acids is 1. The number of hydrogen-bond acceptors (Lipinski definition) is 7. The molecule has 0 aliphatic carbocycles. The van der Waals surface area contributed by atoms with Crippen molar-refractivity contribution in [3.05, 3.63) is 88.6 Å². The van der Waals surface area contributed by atoms with Crippen molar-refractivity contribution in [2.75, 3.05) is 12.3 Å². The van der Waals surface area contributed by atoms with Crippen molar-refractivity contribution in [1.82, 2.24) is 20.2 Å². The first-order chi connectivity index (χ1) is 21.8. The number of aliphatic carboxylic acids is 1. The van der Waals surface area contributed by atoms with Gasteiger partial charge in [0.15, 0.2) is 11.6 Å². The normalized spacial score (nSPS) is 13.4. The van der Waals surface area contributed by atoms with Gasteiger partial charge < -0.3 is 25.8 Å². The Morgan fingerprint density at radius 3 is 2.35 bits per heavy atom. The zero-order valence-corrected chi connectivity index (χ0v) is 25.8. The summed E-state index contributed by atoms with van der Waals surface area (Å²) in [7, 11) is 0. The highest BCUT2D eigenvalue weighted by atomic mass is 19.2. The first-order valence-electron chi connectivity index (χ1n) is 14.9. The molecule has 0 saturated heterocycles. The second-order valence-electron chi connectivity index (χ2n) is 12.3. The molecule has 1 aromatic heterocycles. The Morgan fingerprint density at radius 2 is 1.70 bits per heavy atom. The number of amides is 2. The Bertz CT molecular complexity index is 1800. The minimum atomic E-state index is -1.12. The van der Waals surface area contributed by atoms with E-state index >= 15 is 0 Å². The highest BCUT2D eigenvalue weighted by molar-refractivity contribution is 6.06. The first-order valence-corrected chi connectivity index (χ1v) is 14.9. The second kappa shape index (κ2) is 13.1. The van der Waals surface area contributed by atoms with Gasteiger partial charge in [0.05, 0.1) is 11.4 Å². The number of carboxylic acid groups (broad SMARTS) is 1. The van der Waals surface area contributed by atoms with Gasteiger partial charge in [-0.05, 0) is 92.1 Å². The monoisotopic (exact) mass is 631 g/mol. The Hall–Kier alpha value is -5.13. The van der Waals surface area contributed by atoms with Crippen molar-refractivity contribution in [2.45, 2.75) is 58.7 Å². The number of carbonyl (C=O) groups is 3. The van der Waals surface area contributed by atoms with Crippen LogP contribution in [0.15, 0.2) is 54.6 Å². The summed E-state index contributed by atoms with van der Waals surface area (Å²) >= 11 is 0. The predicted molar refractivity (Wildman–Crippen MR) is 168 cm³/mol. The number of benzene rings is 3. The van der Waals surface area contributed by atoms with Crippen LogP contribution in [-0.2, 0) is 29.0 Å². The molecule has 2 amide bonds. The van der Waals surface area contributed by atoms with Gasteiger partial charge >= 0.3 is 12.1 Å². The van der Waals surface area contributed by atoms with Gasteiger partial charge in [-0.3, -0.25) is 9.59 Å². The van der Waals surface area contributed by atoms with Crippen LogP contribution in [0.2, 0.25) is 0 Å². The molecule has 0 radical (unpaired) electrons. The Balaban J connectivity index is 1.42. The van der Waals surface area contributed by atoms with Crippen molar-refractivity contribution in [3.63, 3.8) is 0 Å². The average Bonchev–Trinajstić information content (AvgIpc) is 3.43. The summed E-state index contributed by atoms with van der Waals surface area (Å²) in [4.78, 5) is 48.0. The first kappa shape index (κ1) is 32.3. The largest absolute Gasteiger partial charge is 0.481 e. The predicted octanol–water partition coefficient (Wildman–Crippen LogP) is 5.86. The zero-order valence-electron chi connectivity index (χ0n) is 25.8. The summed E-state index contributed by atoms with van der Waals surface area (Å²) in [6, 6.07) is 14.6. The maximum absolute atomic E-state index is 14.6. The molecule has 4 aromatic rings.